The smallest absolute Gasteiger partial charge is 0.255 e. The van der Waals surface area contributed by atoms with Crippen LogP contribution < -0.4 is 10.9 Å². The fraction of sp³-hybridized carbons (Fsp3) is 0.500. The summed E-state index contributed by atoms with van der Waals surface area (Å²) in [6.07, 6.45) is 0.789. The van der Waals surface area contributed by atoms with E-state index in [-0.39, 0.29) is 17.9 Å². The molecule has 2 unspecified atom stereocenters. The number of halogens is 1. The lowest BCUT2D eigenvalue weighted by Gasteiger charge is -2.36. The Hall–Kier alpha value is -1.63. The molecule has 0 spiro atoms. The van der Waals surface area contributed by atoms with Crippen LogP contribution in [-0.2, 0) is 4.79 Å². The number of rotatable bonds is 2. The fourth-order valence-electron chi connectivity index (χ4n) is 3.03. The van der Waals surface area contributed by atoms with Gasteiger partial charge in [-0.2, -0.15) is 0 Å². The average Bonchev–Trinajstić information content (AvgIpc) is 3.01. The maximum Gasteiger partial charge on any atom is 0.255 e. The van der Waals surface area contributed by atoms with Gasteiger partial charge in [0.25, 0.3) is 5.91 Å². The topological polar surface area (TPSA) is 64.7 Å². The zero-order valence-electron chi connectivity index (χ0n) is 13.1. The van der Waals surface area contributed by atoms with Crippen molar-refractivity contribution in [2.75, 3.05) is 26.2 Å². The highest BCUT2D eigenvalue weighted by atomic mass is 35.5. The third-order valence-corrected chi connectivity index (χ3v) is 4.70. The molecule has 2 heterocycles. The first-order chi connectivity index (χ1) is 11.1. The highest BCUT2D eigenvalue weighted by Gasteiger charge is 2.32. The van der Waals surface area contributed by atoms with Crippen LogP contribution in [0.25, 0.3) is 0 Å². The van der Waals surface area contributed by atoms with Gasteiger partial charge in [0.2, 0.25) is 5.91 Å². The summed E-state index contributed by atoms with van der Waals surface area (Å²) in [4.78, 5) is 28.5. The molecule has 2 fully saturated rings. The Morgan fingerprint density at radius 2 is 1.74 bits per heavy atom. The van der Waals surface area contributed by atoms with Crippen molar-refractivity contribution >= 4 is 23.4 Å². The van der Waals surface area contributed by atoms with Crippen molar-refractivity contribution in [3.63, 3.8) is 0 Å². The molecule has 2 N–H and O–H groups in total. The minimum atomic E-state index is -0.171. The van der Waals surface area contributed by atoms with Gasteiger partial charge in [0.05, 0.1) is 10.6 Å². The van der Waals surface area contributed by atoms with Gasteiger partial charge >= 0.3 is 0 Å². The van der Waals surface area contributed by atoms with Gasteiger partial charge in [0, 0.05) is 32.2 Å². The van der Waals surface area contributed by atoms with Crippen molar-refractivity contribution in [3.05, 3.63) is 34.9 Å². The van der Waals surface area contributed by atoms with Crippen molar-refractivity contribution in [3.8, 4) is 0 Å². The van der Waals surface area contributed by atoms with Crippen molar-refractivity contribution in [2.24, 2.45) is 0 Å². The maximum atomic E-state index is 12.5. The number of amides is 2. The SMILES string of the molecule is CC1CC(C(=O)N2CCN(C(=O)c3ccccc3Cl)CC2)NN1. The second-order valence-corrected chi connectivity index (χ2v) is 6.48. The summed E-state index contributed by atoms with van der Waals surface area (Å²) in [6, 6.07) is 7.19. The predicted molar refractivity (Wildman–Crippen MR) is 88.1 cm³/mol. The minimum Gasteiger partial charge on any atom is -0.338 e. The van der Waals surface area contributed by atoms with E-state index in [0.717, 1.165) is 6.42 Å². The molecule has 2 aliphatic rings. The van der Waals surface area contributed by atoms with Crippen molar-refractivity contribution in [1.29, 1.82) is 0 Å². The van der Waals surface area contributed by atoms with E-state index in [1.165, 1.54) is 0 Å². The quantitative estimate of drug-likeness (QED) is 0.841. The van der Waals surface area contributed by atoms with Crippen LogP contribution in [0.2, 0.25) is 5.02 Å². The van der Waals surface area contributed by atoms with E-state index in [4.69, 9.17) is 11.6 Å². The molecule has 124 valence electrons. The zero-order chi connectivity index (χ0) is 16.4. The second-order valence-electron chi connectivity index (χ2n) is 6.08. The van der Waals surface area contributed by atoms with Gasteiger partial charge in [-0.05, 0) is 25.5 Å². The molecule has 0 aromatic heterocycles. The predicted octanol–water partition coefficient (Wildman–Crippen LogP) is 0.879. The Morgan fingerprint density at radius 3 is 2.35 bits per heavy atom. The lowest BCUT2D eigenvalue weighted by molar-refractivity contribution is -0.134. The minimum absolute atomic E-state index is 0.0722. The van der Waals surface area contributed by atoms with E-state index < -0.39 is 0 Å². The molecule has 0 bridgehead atoms. The molecule has 3 rings (SSSR count). The summed E-state index contributed by atoms with van der Waals surface area (Å²) in [5, 5.41) is 0.464. The Bertz CT molecular complexity index is 601. The van der Waals surface area contributed by atoms with Gasteiger partial charge in [-0.3, -0.25) is 15.0 Å². The lowest BCUT2D eigenvalue weighted by Crippen LogP contribution is -2.54. The number of carbonyl (C=O) groups excluding carboxylic acids is 2. The number of carbonyl (C=O) groups is 2. The number of benzene rings is 1. The normalized spacial score (nSPS) is 24.8. The first kappa shape index (κ1) is 16.2. The van der Waals surface area contributed by atoms with E-state index in [0.29, 0.717) is 42.8 Å². The molecule has 0 aliphatic carbocycles. The van der Waals surface area contributed by atoms with Crippen LogP contribution in [0.5, 0.6) is 0 Å². The average molecular weight is 337 g/mol. The second kappa shape index (κ2) is 6.86. The zero-order valence-corrected chi connectivity index (χ0v) is 13.8. The molecule has 1 aromatic rings. The first-order valence-corrected chi connectivity index (χ1v) is 8.27. The third-order valence-electron chi connectivity index (χ3n) is 4.37. The Labute approximate surface area is 140 Å². The van der Waals surface area contributed by atoms with Crippen molar-refractivity contribution < 1.29 is 9.59 Å². The number of piperazine rings is 1. The van der Waals surface area contributed by atoms with Crippen LogP contribution >= 0.6 is 11.6 Å². The summed E-state index contributed by atoms with van der Waals surface area (Å²) in [7, 11) is 0. The van der Waals surface area contributed by atoms with E-state index in [9.17, 15) is 9.59 Å². The summed E-state index contributed by atoms with van der Waals surface area (Å²) < 4.78 is 0. The number of hydrazine groups is 1. The third kappa shape index (κ3) is 3.49. The van der Waals surface area contributed by atoms with Crippen molar-refractivity contribution in [2.45, 2.75) is 25.4 Å². The number of hydrogen-bond donors (Lipinski definition) is 2. The van der Waals surface area contributed by atoms with Gasteiger partial charge in [-0.15, -0.1) is 0 Å². The molecular weight excluding hydrogens is 316 g/mol. The largest absolute Gasteiger partial charge is 0.338 e. The molecule has 2 aliphatic heterocycles. The molecule has 2 atom stereocenters. The number of nitrogens with one attached hydrogen (secondary N) is 2. The van der Waals surface area contributed by atoms with Gasteiger partial charge in [0.1, 0.15) is 6.04 Å². The molecular formula is C16H21ClN4O2. The molecule has 0 saturated carbocycles. The van der Waals surface area contributed by atoms with Crippen LogP contribution in [0.1, 0.15) is 23.7 Å². The molecule has 2 amide bonds. The van der Waals surface area contributed by atoms with Crippen LogP contribution in [0.3, 0.4) is 0 Å². The van der Waals surface area contributed by atoms with Crippen LogP contribution in [0.4, 0.5) is 0 Å². The van der Waals surface area contributed by atoms with Crippen molar-refractivity contribution in [1.82, 2.24) is 20.7 Å². The Balaban J connectivity index is 1.57. The van der Waals surface area contributed by atoms with E-state index in [2.05, 4.69) is 10.9 Å². The number of hydrogen-bond acceptors (Lipinski definition) is 4. The highest BCUT2D eigenvalue weighted by Crippen LogP contribution is 2.18. The van der Waals surface area contributed by atoms with Crippen LogP contribution in [-0.4, -0.2) is 59.9 Å². The maximum absolute atomic E-state index is 12.5. The van der Waals surface area contributed by atoms with Crippen LogP contribution in [0.15, 0.2) is 24.3 Å². The first-order valence-electron chi connectivity index (χ1n) is 7.90. The molecule has 1 aromatic carbocycles. The highest BCUT2D eigenvalue weighted by molar-refractivity contribution is 6.33. The fourth-order valence-corrected chi connectivity index (χ4v) is 3.25. The molecule has 0 radical (unpaired) electrons. The van der Waals surface area contributed by atoms with Crippen LogP contribution in [0, 0.1) is 0 Å². The van der Waals surface area contributed by atoms with Gasteiger partial charge in [0.15, 0.2) is 0 Å². The van der Waals surface area contributed by atoms with E-state index in [1.54, 1.807) is 29.2 Å². The monoisotopic (exact) mass is 336 g/mol. The summed E-state index contributed by atoms with van der Waals surface area (Å²) in [6.45, 7) is 4.22. The standard InChI is InChI=1S/C16H21ClN4O2/c1-11-10-14(19-18-11)16(23)21-8-6-20(7-9-21)15(22)12-4-2-3-5-13(12)17/h2-5,11,14,18-19H,6-10H2,1H3. The lowest BCUT2D eigenvalue weighted by atomic mass is 10.1. The van der Waals surface area contributed by atoms with E-state index >= 15 is 0 Å². The Kier molecular flexibility index (Phi) is 4.84. The van der Waals surface area contributed by atoms with Gasteiger partial charge < -0.3 is 9.80 Å². The van der Waals surface area contributed by atoms with Gasteiger partial charge in [-0.25, -0.2) is 5.43 Å². The summed E-state index contributed by atoms with van der Waals surface area (Å²) in [5.74, 6) is 0.0312. The molecule has 7 heteroatoms. The summed E-state index contributed by atoms with van der Waals surface area (Å²) >= 11 is 6.09. The molecule has 2 saturated heterocycles. The summed E-state index contributed by atoms with van der Waals surface area (Å²) in [5.41, 5.74) is 6.62. The number of nitrogens with zero attached hydrogens (tertiary/aromatic N) is 2. The molecule has 23 heavy (non-hydrogen) atoms. The molecule has 6 nitrogen and oxygen atoms in total. The van der Waals surface area contributed by atoms with Gasteiger partial charge in [-0.1, -0.05) is 23.7 Å². The van der Waals surface area contributed by atoms with E-state index in [1.807, 2.05) is 11.8 Å². The Morgan fingerprint density at radius 1 is 1.09 bits per heavy atom.